The van der Waals surface area contributed by atoms with Gasteiger partial charge in [0, 0.05) is 32.2 Å². The third-order valence-corrected chi connectivity index (χ3v) is 4.59. The smallest absolute Gasteiger partial charge is 0.387 e. The lowest BCUT2D eigenvalue weighted by Gasteiger charge is -2.43. The zero-order valence-corrected chi connectivity index (χ0v) is 13.3. The molecular weight excluding hydrogens is 310 g/mol. The van der Waals surface area contributed by atoms with Crippen LogP contribution in [0.25, 0.3) is 0 Å². The Hall–Kier alpha value is -0.910. The molecule has 124 valence electrons. The zero-order valence-electron chi connectivity index (χ0n) is 12.5. The second-order valence-corrected chi connectivity index (χ2v) is 5.87. The Labute approximate surface area is 136 Å². The van der Waals surface area contributed by atoms with Gasteiger partial charge >= 0.3 is 6.61 Å². The van der Waals surface area contributed by atoms with Gasteiger partial charge in [-0.15, -0.1) is 12.4 Å². The fourth-order valence-corrected chi connectivity index (χ4v) is 3.34. The van der Waals surface area contributed by atoms with Crippen molar-refractivity contribution in [3.8, 4) is 5.75 Å². The lowest BCUT2D eigenvalue weighted by molar-refractivity contribution is -0.0498. The maximum atomic E-state index is 12.2. The number of nitrogens with zero attached hydrogens (tertiary/aromatic N) is 1. The third kappa shape index (κ3) is 4.09. The number of alkyl halides is 2. The van der Waals surface area contributed by atoms with Crippen molar-refractivity contribution in [2.24, 2.45) is 5.92 Å². The number of benzene rings is 1. The number of ether oxygens (including phenoxy) is 1. The molecule has 1 N–H and O–H groups in total. The molecule has 1 aliphatic carbocycles. The maximum Gasteiger partial charge on any atom is 0.387 e. The summed E-state index contributed by atoms with van der Waals surface area (Å²) in [5, 5.41) is 3.38. The number of hydrogen-bond donors (Lipinski definition) is 1. The molecule has 0 unspecified atom stereocenters. The minimum absolute atomic E-state index is 0. The summed E-state index contributed by atoms with van der Waals surface area (Å²) in [7, 11) is 0. The van der Waals surface area contributed by atoms with Crippen LogP contribution in [-0.4, -0.2) is 37.7 Å². The molecule has 1 aromatic rings. The van der Waals surface area contributed by atoms with Gasteiger partial charge in [-0.05, 0) is 36.5 Å². The first-order valence-electron chi connectivity index (χ1n) is 7.73. The van der Waals surface area contributed by atoms with Gasteiger partial charge < -0.3 is 10.1 Å². The van der Waals surface area contributed by atoms with Crippen molar-refractivity contribution in [3.05, 3.63) is 29.8 Å². The lowest BCUT2D eigenvalue weighted by atomic mass is 9.76. The van der Waals surface area contributed by atoms with Gasteiger partial charge in [0.25, 0.3) is 0 Å². The van der Waals surface area contributed by atoms with Crippen LogP contribution < -0.4 is 10.1 Å². The molecule has 0 bridgehead atoms. The van der Waals surface area contributed by atoms with Crippen LogP contribution in [0.2, 0.25) is 0 Å². The van der Waals surface area contributed by atoms with Gasteiger partial charge in [0.1, 0.15) is 5.75 Å². The highest BCUT2D eigenvalue weighted by Crippen LogP contribution is 2.41. The highest BCUT2D eigenvalue weighted by molar-refractivity contribution is 5.85. The highest BCUT2D eigenvalue weighted by Gasteiger charge is 2.33. The fraction of sp³-hybridized carbons (Fsp3) is 0.625. The monoisotopic (exact) mass is 332 g/mol. The maximum absolute atomic E-state index is 12.2. The molecule has 2 aliphatic rings. The second-order valence-electron chi connectivity index (χ2n) is 5.87. The predicted molar refractivity (Wildman–Crippen MR) is 84.8 cm³/mol. The topological polar surface area (TPSA) is 24.5 Å². The van der Waals surface area contributed by atoms with Gasteiger partial charge in [0.15, 0.2) is 0 Å². The normalized spacial score (nSPS) is 21.0. The number of nitrogens with one attached hydrogen (secondary N) is 1. The summed E-state index contributed by atoms with van der Waals surface area (Å²) in [6.45, 7) is 1.39. The van der Waals surface area contributed by atoms with E-state index >= 15 is 0 Å². The summed E-state index contributed by atoms with van der Waals surface area (Å²) in [6, 6.07) is 7.64. The summed E-state index contributed by atoms with van der Waals surface area (Å²) in [4.78, 5) is 2.53. The molecule has 0 amide bonds. The molecule has 3 nitrogen and oxygen atoms in total. The van der Waals surface area contributed by atoms with Crippen LogP contribution >= 0.6 is 12.4 Å². The molecule has 0 spiro atoms. The third-order valence-electron chi connectivity index (χ3n) is 4.59. The Bertz CT molecular complexity index is 448. The molecular formula is C16H23ClF2N2O. The van der Waals surface area contributed by atoms with Gasteiger partial charge in [0.05, 0.1) is 0 Å². The second kappa shape index (κ2) is 8.09. The van der Waals surface area contributed by atoms with Gasteiger partial charge in [0.2, 0.25) is 0 Å². The van der Waals surface area contributed by atoms with Gasteiger partial charge in [-0.25, -0.2) is 0 Å². The van der Waals surface area contributed by atoms with E-state index in [-0.39, 0.29) is 18.2 Å². The predicted octanol–water partition coefficient (Wildman–Crippen LogP) is 3.46. The standard InChI is InChI=1S/C16H22F2N2O.ClH/c17-16(18)21-14-6-4-13(5-7-14)15(12-2-1-3-12)20-10-8-19-9-11-20;/h4-7,12,15-16,19H,1-3,8-11H2;1H/t15-;/m1./s1. The molecule has 0 radical (unpaired) electrons. The number of hydrogen-bond acceptors (Lipinski definition) is 3. The minimum Gasteiger partial charge on any atom is -0.435 e. The molecule has 1 saturated carbocycles. The summed E-state index contributed by atoms with van der Waals surface area (Å²) in [5.41, 5.74) is 1.23. The Balaban J connectivity index is 0.00000176. The SMILES string of the molecule is Cl.FC(F)Oc1ccc([C@@H](C2CCC2)N2CCNCC2)cc1. The molecule has 1 aliphatic heterocycles. The molecule has 3 rings (SSSR count). The van der Waals surface area contributed by atoms with Crippen LogP contribution in [0, 0.1) is 5.92 Å². The van der Waals surface area contributed by atoms with E-state index in [0.717, 1.165) is 26.2 Å². The van der Waals surface area contributed by atoms with E-state index in [1.54, 1.807) is 12.1 Å². The van der Waals surface area contributed by atoms with Crippen molar-refractivity contribution >= 4 is 12.4 Å². The molecule has 1 aromatic carbocycles. The molecule has 0 aromatic heterocycles. The van der Waals surface area contributed by atoms with Crippen LogP contribution in [0.4, 0.5) is 8.78 Å². The molecule has 6 heteroatoms. The largest absolute Gasteiger partial charge is 0.435 e. The van der Waals surface area contributed by atoms with Crippen molar-refractivity contribution in [3.63, 3.8) is 0 Å². The van der Waals surface area contributed by atoms with Crippen LogP contribution in [0.3, 0.4) is 0 Å². The molecule has 1 heterocycles. The molecule has 2 fully saturated rings. The van der Waals surface area contributed by atoms with Gasteiger partial charge in [-0.1, -0.05) is 18.6 Å². The van der Waals surface area contributed by atoms with Crippen LogP contribution in [0.5, 0.6) is 5.75 Å². The van der Waals surface area contributed by atoms with E-state index in [4.69, 9.17) is 0 Å². The van der Waals surface area contributed by atoms with Crippen molar-refractivity contribution in [2.75, 3.05) is 26.2 Å². The Morgan fingerprint density at radius 2 is 1.73 bits per heavy atom. The quantitative estimate of drug-likeness (QED) is 0.893. The number of rotatable bonds is 5. The molecule has 1 saturated heterocycles. The molecule has 1 atom stereocenters. The van der Waals surface area contributed by atoms with Crippen molar-refractivity contribution in [2.45, 2.75) is 31.9 Å². The van der Waals surface area contributed by atoms with Crippen LogP contribution in [0.1, 0.15) is 30.9 Å². The van der Waals surface area contributed by atoms with Crippen LogP contribution in [-0.2, 0) is 0 Å². The lowest BCUT2D eigenvalue weighted by Crippen LogP contribution is -2.47. The van der Waals surface area contributed by atoms with E-state index in [1.807, 2.05) is 12.1 Å². The minimum atomic E-state index is -2.76. The van der Waals surface area contributed by atoms with Crippen molar-refractivity contribution < 1.29 is 13.5 Å². The Kier molecular flexibility index (Phi) is 6.41. The van der Waals surface area contributed by atoms with Crippen LogP contribution in [0.15, 0.2) is 24.3 Å². The van der Waals surface area contributed by atoms with E-state index in [1.165, 1.54) is 24.8 Å². The van der Waals surface area contributed by atoms with E-state index < -0.39 is 6.61 Å². The van der Waals surface area contributed by atoms with Crippen molar-refractivity contribution in [1.29, 1.82) is 0 Å². The van der Waals surface area contributed by atoms with E-state index in [0.29, 0.717) is 12.0 Å². The number of piperazine rings is 1. The van der Waals surface area contributed by atoms with Crippen molar-refractivity contribution in [1.82, 2.24) is 10.2 Å². The summed E-state index contributed by atoms with van der Waals surface area (Å²) >= 11 is 0. The Morgan fingerprint density at radius 1 is 1.09 bits per heavy atom. The summed E-state index contributed by atoms with van der Waals surface area (Å²) < 4.78 is 28.9. The Morgan fingerprint density at radius 3 is 2.23 bits per heavy atom. The highest BCUT2D eigenvalue weighted by atomic mass is 35.5. The first-order valence-corrected chi connectivity index (χ1v) is 7.73. The summed E-state index contributed by atoms with van der Waals surface area (Å²) in [6.07, 6.45) is 3.84. The molecule has 22 heavy (non-hydrogen) atoms. The van der Waals surface area contributed by atoms with Gasteiger partial charge in [-0.2, -0.15) is 8.78 Å². The first-order chi connectivity index (χ1) is 10.2. The zero-order chi connectivity index (χ0) is 14.7. The van der Waals surface area contributed by atoms with E-state index in [9.17, 15) is 8.78 Å². The average molecular weight is 333 g/mol. The average Bonchev–Trinajstić information content (AvgIpc) is 2.44. The van der Waals surface area contributed by atoms with Gasteiger partial charge in [-0.3, -0.25) is 4.90 Å². The number of halogens is 3. The summed E-state index contributed by atoms with van der Waals surface area (Å²) in [5.74, 6) is 0.936. The van der Waals surface area contributed by atoms with E-state index in [2.05, 4.69) is 15.0 Å². The fourth-order valence-electron chi connectivity index (χ4n) is 3.34. The first kappa shape index (κ1) is 17.4.